The molecule has 4 N–H and O–H groups in total. The van der Waals surface area contributed by atoms with Crippen LogP contribution in [-0.4, -0.2) is 55.9 Å². The van der Waals surface area contributed by atoms with Crippen LogP contribution >= 0.6 is 0 Å². The first kappa shape index (κ1) is 18.6. The number of methoxy groups -OCH3 is 1. The monoisotopic (exact) mass is 377 g/mol. The summed E-state index contributed by atoms with van der Waals surface area (Å²) in [4.78, 5) is 6.57. The van der Waals surface area contributed by atoms with Crippen molar-refractivity contribution in [2.75, 3.05) is 39.0 Å². The van der Waals surface area contributed by atoms with Crippen molar-refractivity contribution in [3.8, 4) is 17.0 Å². The standard InChI is InChI=1S/C17H23N5O3S/c1-25-16-5-4-13(11-14(16)17-15(18)3-2-6-20-17)12-21-7-9-22(10-8-21)26(19,23)24/h2-6,11H,7-10,12,18H2,1H3,(H2,19,23,24). The van der Waals surface area contributed by atoms with Crippen molar-refractivity contribution in [2.45, 2.75) is 6.54 Å². The Balaban J connectivity index is 1.78. The SMILES string of the molecule is COc1ccc(CN2CCN(S(N)(=O)=O)CC2)cc1-c1ncccc1N. The molecular weight excluding hydrogens is 354 g/mol. The van der Waals surface area contributed by atoms with E-state index < -0.39 is 10.2 Å². The molecule has 0 saturated carbocycles. The Hall–Kier alpha value is -2.20. The molecule has 1 aliphatic heterocycles. The third-order valence-electron chi connectivity index (χ3n) is 4.46. The number of ether oxygens (including phenoxy) is 1. The first-order valence-electron chi connectivity index (χ1n) is 8.26. The van der Waals surface area contributed by atoms with Gasteiger partial charge < -0.3 is 10.5 Å². The Morgan fingerprint density at radius 1 is 1.19 bits per heavy atom. The van der Waals surface area contributed by atoms with Crippen molar-refractivity contribution >= 4 is 15.9 Å². The molecule has 1 aromatic carbocycles. The van der Waals surface area contributed by atoms with Crippen molar-refractivity contribution in [1.29, 1.82) is 0 Å². The number of nitrogens with two attached hydrogens (primary N) is 2. The van der Waals surface area contributed by atoms with E-state index in [4.69, 9.17) is 15.6 Å². The van der Waals surface area contributed by atoms with E-state index in [2.05, 4.69) is 9.88 Å². The second kappa shape index (κ2) is 7.58. The maximum absolute atomic E-state index is 11.4. The molecule has 1 saturated heterocycles. The molecule has 9 heteroatoms. The fourth-order valence-electron chi connectivity index (χ4n) is 3.08. The van der Waals surface area contributed by atoms with E-state index in [9.17, 15) is 8.42 Å². The highest BCUT2D eigenvalue weighted by Gasteiger charge is 2.24. The number of anilines is 1. The number of nitrogens with zero attached hydrogens (tertiary/aromatic N) is 3. The smallest absolute Gasteiger partial charge is 0.276 e. The summed E-state index contributed by atoms with van der Waals surface area (Å²) in [7, 11) is -2.00. The molecule has 0 amide bonds. The maximum atomic E-state index is 11.4. The van der Waals surface area contributed by atoms with Gasteiger partial charge in [0.05, 0.1) is 18.5 Å². The zero-order valence-electron chi connectivity index (χ0n) is 14.6. The van der Waals surface area contributed by atoms with E-state index in [0.29, 0.717) is 49.9 Å². The van der Waals surface area contributed by atoms with Crippen molar-refractivity contribution in [3.63, 3.8) is 0 Å². The van der Waals surface area contributed by atoms with E-state index in [-0.39, 0.29) is 0 Å². The summed E-state index contributed by atoms with van der Waals surface area (Å²) < 4.78 is 29.6. The normalized spacial score (nSPS) is 16.5. The minimum Gasteiger partial charge on any atom is -0.496 e. The zero-order valence-corrected chi connectivity index (χ0v) is 15.4. The lowest BCUT2D eigenvalue weighted by Gasteiger charge is -2.33. The largest absolute Gasteiger partial charge is 0.496 e. The summed E-state index contributed by atoms with van der Waals surface area (Å²) >= 11 is 0. The first-order chi connectivity index (χ1) is 12.4. The molecule has 140 valence electrons. The van der Waals surface area contributed by atoms with Gasteiger partial charge in [-0.15, -0.1) is 0 Å². The third kappa shape index (κ3) is 4.13. The molecule has 0 atom stereocenters. The van der Waals surface area contributed by atoms with Crippen molar-refractivity contribution in [2.24, 2.45) is 5.14 Å². The first-order valence-corrected chi connectivity index (χ1v) is 9.77. The number of hydrogen-bond donors (Lipinski definition) is 2. The minimum atomic E-state index is -3.61. The van der Waals surface area contributed by atoms with Crippen molar-refractivity contribution in [1.82, 2.24) is 14.2 Å². The van der Waals surface area contributed by atoms with Gasteiger partial charge in [0, 0.05) is 44.5 Å². The van der Waals surface area contributed by atoms with Gasteiger partial charge in [-0.25, -0.2) is 5.14 Å². The molecule has 1 aromatic heterocycles. The van der Waals surface area contributed by atoms with Gasteiger partial charge in [-0.1, -0.05) is 6.07 Å². The predicted molar refractivity (Wildman–Crippen MR) is 101 cm³/mol. The molecule has 8 nitrogen and oxygen atoms in total. The van der Waals surface area contributed by atoms with E-state index in [0.717, 1.165) is 11.1 Å². The molecule has 0 aliphatic carbocycles. The maximum Gasteiger partial charge on any atom is 0.276 e. The number of nitrogen functional groups attached to an aromatic ring is 1. The van der Waals surface area contributed by atoms with Gasteiger partial charge in [-0.2, -0.15) is 12.7 Å². The molecule has 0 spiro atoms. The molecule has 2 aromatic rings. The molecule has 0 unspecified atom stereocenters. The molecule has 2 heterocycles. The number of aromatic nitrogens is 1. The van der Waals surface area contributed by atoms with E-state index in [1.165, 1.54) is 4.31 Å². The number of hydrogen-bond acceptors (Lipinski definition) is 6. The van der Waals surface area contributed by atoms with Gasteiger partial charge in [-0.3, -0.25) is 9.88 Å². The Bertz CT molecular complexity index is 880. The van der Waals surface area contributed by atoms with E-state index in [1.54, 1.807) is 25.4 Å². The molecule has 0 radical (unpaired) electrons. The second-order valence-electron chi connectivity index (χ2n) is 6.20. The summed E-state index contributed by atoms with van der Waals surface area (Å²) in [6.07, 6.45) is 1.70. The molecule has 3 rings (SSSR count). The number of rotatable bonds is 5. The van der Waals surface area contributed by atoms with Crippen LogP contribution in [0.2, 0.25) is 0 Å². The molecule has 0 bridgehead atoms. The highest BCUT2D eigenvalue weighted by molar-refractivity contribution is 7.86. The third-order valence-corrected chi connectivity index (χ3v) is 5.54. The van der Waals surface area contributed by atoms with Crippen LogP contribution in [0.1, 0.15) is 5.56 Å². The predicted octanol–water partition coefficient (Wildman–Crippen LogP) is 0.661. The van der Waals surface area contributed by atoms with Gasteiger partial charge in [0.2, 0.25) is 0 Å². The Morgan fingerprint density at radius 3 is 2.54 bits per heavy atom. The van der Waals surface area contributed by atoms with Gasteiger partial charge >= 0.3 is 0 Å². The number of piperazine rings is 1. The van der Waals surface area contributed by atoms with E-state index in [1.807, 2.05) is 18.2 Å². The van der Waals surface area contributed by atoms with Crippen molar-refractivity contribution in [3.05, 3.63) is 42.1 Å². The Labute approximate surface area is 153 Å². The zero-order chi connectivity index (χ0) is 18.7. The molecular formula is C17H23N5O3S. The summed E-state index contributed by atoms with van der Waals surface area (Å²) in [5.74, 6) is 0.707. The van der Waals surface area contributed by atoms with Gasteiger partial charge in [0.1, 0.15) is 5.75 Å². The lowest BCUT2D eigenvalue weighted by atomic mass is 10.0. The van der Waals surface area contributed by atoms with Crippen LogP contribution in [-0.2, 0) is 16.8 Å². The molecule has 1 fully saturated rings. The summed E-state index contributed by atoms with van der Waals surface area (Å²) in [6, 6.07) is 9.51. The second-order valence-corrected chi connectivity index (χ2v) is 7.74. The summed E-state index contributed by atoms with van der Waals surface area (Å²) in [5.41, 5.74) is 9.25. The number of pyridine rings is 1. The van der Waals surface area contributed by atoms with Crippen LogP contribution in [0.15, 0.2) is 36.5 Å². The van der Waals surface area contributed by atoms with Gasteiger partial charge in [0.15, 0.2) is 0 Å². The average Bonchev–Trinajstić information content (AvgIpc) is 2.62. The molecule has 1 aliphatic rings. The highest BCUT2D eigenvalue weighted by Crippen LogP contribution is 2.33. The fourth-order valence-corrected chi connectivity index (χ4v) is 3.75. The van der Waals surface area contributed by atoms with Crippen LogP contribution in [0.5, 0.6) is 5.75 Å². The average molecular weight is 377 g/mol. The summed E-state index contributed by atoms with van der Waals surface area (Å²) in [5, 5.41) is 5.19. The lowest BCUT2D eigenvalue weighted by molar-refractivity contribution is 0.181. The highest BCUT2D eigenvalue weighted by atomic mass is 32.2. The quantitative estimate of drug-likeness (QED) is 0.791. The Kier molecular flexibility index (Phi) is 5.42. The van der Waals surface area contributed by atoms with Crippen LogP contribution in [0.25, 0.3) is 11.3 Å². The van der Waals surface area contributed by atoms with Crippen LogP contribution < -0.4 is 15.6 Å². The fraction of sp³-hybridized carbons (Fsp3) is 0.353. The topological polar surface area (TPSA) is 115 Å². The van der Waals surface area contributed by atoms with Crippen molar-refractivity contribution < 1.29 is 13.2 Å². The van der Waals surface area contributed by atoms with Crippen LogP contribution in [0.4, 0.5) is 5.69 Å². The Morgan fingerprint density at radius 2 is 1.92 bits per heavy atom. The minimum absolute atomic E-state index is 0.398. The van der Waals surface area contributed by atoms with Crippen LogP contribution in [0.3, 0.4) is 0 Å². The number of benzene rings is 1. The van der Waals surface area contributed by atoms with Gasteiger partial charge in [-0.05, 0) is 29.8 Å². The summed E-state index contributed by atoms with van der Waals surface area (Å²) in [6.45, 7) is 2.75. The van der Waals surface area contributed by atoms with Gasteiger partial charge in [0.25, 0.3) is 10.2 Å². The lowest BCUT2D eigenvalue weighted by Crippen LogP contribution is -2.50. The van der Waals surface area contributed by atoms with E-state index >= 15 is 0 Å². The molecule has 26 heavy (non-hydrogen) atoms. The van der Waals surface area contributed by atoms with Crippen LogP contribution in [0, 0.1) is 0 Å².